The molecule has 0 aliphatic heterocycles. The maximum atomic E-state index is 12.3. The smallest absolute Gasteiger partial charge is 0.336 e. The van der Waals surface area contributed by atoms with Crippen LogP contribution < -0.4 is 5.32 Å². The van der Waals surface area contributed by atoms with Gasteiger partial charge in [-0.05, 0) is 38.5 Å². The van der Waals surface area contributed by atoms with Crippen molar-refractivity contribution in [3.63, 3.8) is 0 Å². The van der Waals surface area contributed by atoms with Crippen molar-refractivity contribution in [2.45, 2.75) is 37.6 Å². The average Bonchev–Trinajstić information content (AvgIpc) is 2.37. The van der Waals surface area contributed by atoms with Gasteiger partial charge in [-0.25, -0.2) is 4.79 Å². The number of halogens is 1. The fourth-order valence-electron chi connectivity index (χ4n) is 1.56. The van der Waals surface area contributed by atoms with E-state index in [1.54, 1.807) is 6.07 Å². The summed E-state index contributed by atoms with van der Waals surface area (Å²) in [5.41, 5.74) is -0.437. The summed E-state index contributed by atoms with van der Waals surface area (Å²) in [5.74, 6) is -1.79. The number of aromatic carboxylic acids is 1. The fraction of sp³-hybridized carbons (Fsp3) is 0.429. The Morgan fingerprint density at radius 1 is 1.38 bits per heavy atom. The van der Waals surface area contributed by atoms with Crippen LogP contribution in [0.25, 0.3) is 0 Å². The number of hydrogen-bond donors (Lipinski definition) is 2. The number of carboxylic acid groups (broad SMARTS) is 1. The molecule has 0 aromatic heterocycles. The minimum atomic E-state index is -1.72. The van der Waals surface area contributed by atoms with Crippen LogP contribution in [0.2, 0.25) is 0 Å². The van der Waals surface area contributed by atoms with E-state index >= 15 is 0 Å². The molecule has 0 aliphatic rings. The second-order valence-electron chi connectivity index (χ2n) is 5.22. The van der Waals surface area contributed by atoms with Crippen molar-refractivity contribution < 1.29 is 18.9 Å². The minimum absolute atomic E-state index is 0.0564. The van der Waals surface area contributed by atoms with E-state index in [4.69, 9.17) is 5.11 Å². The standard InChI is InChI=1S/C14H18BrNO4S/c1-4-14(2,3)16-12(17)8-21(20)11-7-9(15)5-6-10(11)13(18)19/h5-7H,4,8H2,1-3H3,(H,16,17)(H,18,19). The van der Waals surface area contributed by atoms with Gasteiger partial charge in [0.1, 0.15) is 5.75 Å². The third-order valence-electron chi connectivity index (χ3n) is 3.04. The Bertz CT molecular complexity index is 586. The topological polar surface area (TPSA) is 83.5 Å². The highest BCUT2D eigenvalue weighted by Crippen LogP contribution is 2.20. The summed E-state index contributed by atoms with van der Waals surface area (Å²) in [5, 5.41) is 11.9. The largest absolute Gasteiger partial charge is 0.478 e. The summed E-state index contributed by atoms with van der Waals surface area (Å²) >= 11 is 3.21. The van der Waals surface area contributed by atoms with E-state index in [0.717, 1.165) is 6.42 Å². The number of nitrogens with one attached hydrogen (secondary N) is 1. The first kappa shape index (κ1) is 17.8. The van der Waals surface area contributed by atoms with E-state index in [2.05, 4.69) is 21.2 Å². The molecule has 5 nitrogen and oxygen atoms in total. The second kappa shape index (κ2) is 7.17. The fourth-order valence-corrected chi connectivity index (χ4v) is 3.20. The van der Waals surface area contributed by atoms with E-state index in [-0.39, 0.29) is 27.7 Å². The van der Waals surface area contributed by atoms with E-state index in [1.165, 1.54) is 12.1 Å². The van der Waals surface area contributed by atoms with Crippen LogP contribution in [0.4, 0.5) is 0 Å². The van der Waals surface area contributed by atoms with Crippen LogP contribution >= 0.6 is 15.9 Å². The van der Waals surface area contributed by atoms with Crippen LogP contribution in [0, 0.1) is 0 Å². The Morgan fingerprint density at radius 3 is 2.52 bits per heavy atom. The van der Waals surface area contributed by atoms with E-state index in [0.29, 0.717) is 4.47 Å². The number of benzene rings is 1. The molecule has 1 aromatic rings. The zero-order valence-corrected chi connectivity index (χ0v) is 14.5. The molecule has 1 unspecified atom stereocenters. The molecule has 0 saturated carbocycles. The molecule has 1 atom stereocenters. The van der Waals surface area contributed by atoms with Crippen LogP contribution in [0.3, 0.4) is 0 Å². The first-order chi connectivity index (χ1) is 9.66. The van der Waals surface area contributed by atoms with Gasteiger partial charge in [0, 0.05) is 10.0 Å². The molecular formula is C14H18BrNO4S. The van der Waals surface area contributed by atoms with Gasteiger partial charge in [0.05, 0.1) is 21.3 Å². The number of hydrogen-bond acceptors (Lipinski definition) is 3. The van der Waals surface area contributed by atoms with E-state index in [9.17, 15) is 13.8 Å². The number of carboxylic acids is 1. The Balaban J connectivity index is 2.92. The molecule has 1 aromatic carbocycles. The first-order valence-corrected chi connectivity index (χ1v) is 8.49. The van der Waals surface area contributed by atoms with Gasteiger partial charge in [-0.3, -0.25) is 9.00 Å². The summed E-state index contributed by atoms with van der Waals surface area (Å²) in [7, 11) is -1.72. The van der Waals surface area contributed by atoms with Crippen molar-refractivity contribution in [2.75, 3.05) is 5.75 Å². The summed E-state index contributed by atoms with van der Waals surface area (Å²) < 4.78 is 12.9. The molecule has 7 heteroatoms. The summed E-state index contributed by atoms with van der Waals surface area (Å²) in [6.07, 6.45) is 0.739. The lowest BCUT2D eigenvalue weighted by Gasteiger charge is -2.24. The Morgan fingerprint density at radius 2 is 2.00 bits per heavy atom. The van der Waals surface area contributed by atoms with Gasteiger partial charge in [0.2, 0.25) is 5.91 Å². The van der Waals surface area contributed by atoms with Crippen molar-refractivity contribution in [2.24, 2.45) is 0 Å². The van der Waals surface area contributed by atoms with Crippen LogP contribution in [0.5, 0.6) is 0 Å². The molecular weight excluding hydrogens is 358 g/mol. The Hall–Kier alpha value is -1.21. The maximum Gasteiger partial charge on any atom is 0.336 e. The van der Waals surface area contributed by atoms with Crippen LogP contribution in [0.1, 0.15) is 37.6 Å². The molecule has 1 amide bonds. The number of amides is 1. The van der Waals surface area contributed by atoms with E-state index < -0.39 is 16.8 Å². The predicted molar refractivity (Wildman–Crippen MR) is 84.9 cm³/mol. The number of rotatable bonds is 6. The monoisotopic (exact) mass is 375 g/mol. The van der Waals surface area contributed by atoms with E-state index in [1.807, 2.05) is 20.8 Å². The highest BCUT2D eigenvalue weighted by atomic mass is 79.9. The van der Waals surface area contributed by atoms with Gasteiger partial charge in [-0.2, -0.15) is 0 Å². The third kappa shape index (κ3) is 5.24. The van der Waals surface area contributed by atoms with Gasteiger partial charge < -0.3 is 10.4 Å². The SMILES string of the molecule is CCC(C)(C)NC(=O)CS(=O)c1cc(Br)ccc1C(=O)O. The van der Waals surface area contributed by atoms with Crippen molar-refractivity contribution in [3.8, 4) is 0 Å². The van der Waals surface area contributed by atoms with Gasteiger partial charge >= 0.3 is 5.97 Å². The van der Waals surface area contributed by atoms with Gasteiger partial charge in [-0.1, -0.05) is 22.9 Å². The molecule has 1 rings (SSSR count). The summed E-state index contributed by atoms with van der Waals surface area (Å²) in [6.45, 7) is 5.68. The Kier molecular flexibility index (Phi) is 6.10. The normalized spacial score (nSPS) is 12.8. The quantitative estimate of drug-likeness (QED) is 0.799. The first-order valence-electron chi connectivity index (χ1n) is 6.38. The Labute approximate surface area is 134 Å². The number of carbonyl (C=O) groups excluding carboxylic acids is 1. The lowest BCUT2D eigenvalue weighted by atomic mass is 10.0. The highest BCUT2D eigenvalue weighted by Gasteiger charge is 2.22. The zero-order chi connectivity index (χ0) is 16.2. The van der Waals surface area contributed by atoms with Crippen LogP contribution in [-0.4, -0.2) is 32.5 Å². The molecule has 0 radical (unpaired) electrons. The predicted octanol–water partition coefficient (Wildman–Crippen LogP) is 2.56. The number of carbonyl (C=O) groups is 2. The molecule has 0 saturated heterocycles. The summed E-state index contributed by atoms with van der Waals surface area (Å²) in [4.78, 5) is 23.2. The maximum absolute atomic E-state index is 12.3. The van der Waals surface area contributed by atoms with Gasteiger partial charge in [-0.15, -0.1) is 0 Å². The zero-order valence-electron chi connectivity index (χ0n) is 12.1. The van der Waals surface area contributed by atoms with Gasteiger partial charge in [0.15, 0.2) is 0 Å². The van der Waals surface area contributed by atoms with Crippen molar-refractivity contribution in [1.82, 2.24) is 5.32 Å². The lowest BCUT2D eigenvalue weighted by molar-refractivity contribution is -0.120. The van der Waals surface area contributed by atoms with Crippen molar-refractivity contribution in [3.05, 3.63) is 28.2 Å². The van der Waals surface area contributed by atoms with Crippen LogP contribution in [0.15, 0.2) is 27.6 Å². The lowest BCUT2D eigenvalue weighted by Crippen LogP contribution is -2.44. The highest BCUT2D eigenvalue weighted by molar-refractivity contribution is 9.10. The molecule has 0 aliphatic carbocycles. The minimum Gasteiger partial charge on any atom is -0.478 e. The molecule has 0 heterocycles. The third-order valence-corrected chi connectivity index (χ3v) is 4.89. The summed E-state index contributed by atoms with van der Waals surface area (Å²) in [6, 6.07) is 4.40. The van der Waals surface area contributed by atoms with Crippen molar-refractivity contribution in [1.29, 1.82) is 0 Å². The van der Waals surface area contributed by atoms with Crippen molar-refractivity contribution >= 4 is 38.6 Å². The molecule has 0 bridgehead atoms. The molecule has 21 heavy (non-hydrogen) atoms. The van der Waals surface area contributed by atoms with Gasteiger partial charge in [0.25, 0.3) is 0 Å². The molecule has 2 N–H and O–H groups in total. The average molecular weight is 376 g/mol. The molecule has 0 fully saturated rings. The van der Waals surface area contributed by atoms with Crippen LogP contribution in [-0.2, 0) is 15.6 Å². The molecule has 116 valence electrons. The molecule has 0 spiro atoms. The second-order valence-corrected chi connectivity index (χ2v) is 7.56.